The Balaban J connectivity index is 2.45. The standard InChI is InChI=1S/C11H8BrClFNO/c12-9-5-4-8(16-9)11(15)10-6(13)2-1-3-7(10)14/h1-5,11H,15H2. The second-order valence-corrected chi connectivity index (χ2v) is 4.44. The van der Waals surface area contributed by atoms with Crippen LogP contribution in [-0.4, -0.2) is 0 Å². The molecule has 5 heteroatoms. The van der Waals surface area contributed by atoms with Crippen LogP contribution in [0.2, 0.25) is 5.02 Å². The van der Waals surface area contributed by atoms with Gasteiger partial charge in [0.15, 0.2) is 4.67 Å². The zero-order valence-corrected chi connectivity index (χ0v) is 10.4. The van der Waals surface area contributed by atoms with Crippen LogP contribution in [-0.2, 0) is 0 Å². The highest BCUT2D eigenvalue weighted by Crippen LogP contribution is 2.30. The summed E-state index contributed by atoms with van der Waals surface area (Å²) in [6.07, 6.45) is 0. The predicted octanol–water partition coefficient (Wildman–Crippen LogP) is 3.88. The number of rotatable bonds is 2. The molecule has 2 N–H and O–H groups in total. The van der Waals surface area contributed by atoms with Crippen molar-refractivity contribution in [2.75, 3.05) is 0 Å². The molecule has 0 aliphatic heterocycles. The van der Waals surface area contributed by atoms with Crippen molar-refractivity contribution in [1.29, 1.82) is 0 Å². The minimum Gasteiger partial charge on any atom is -0.452 e. The van der Waals surface area contributed by atoms with Gasteiger partial charge in [-0.1, -0.05) is 17.7 Å². The fourth-order valence-corrected chi connectivity index (χ4v) is 2.05. The average molecular weight is 305 g/mol. The predicted molar refractivity (Wildman–Crippen MR) is 63.8 cm³/mol. The Bertz CT molecular complexity index is 494. The van der Waals surface area contributed by atoms with Gasteiger partial charge in [-0.3, -0.25) is 0 Å². The molecule has 1 unspecified atom stereocenters. The molecule has 0 radical (unpaired) electrons. The van der Waals surface area contributed by atoms with E-state index < -0.39 is 11.9 Å². The largest absolute Gasteiger partial charge is 0.452 e. The van der Waals surface area contributed by atoms with Crippen LogP contribution in [0.25, 0.3) is 0 Å². The van der Waals surface area contributed by atoms with Gasteiger partial charge in [-0.2, -0.15) is 0 Å². The lowest BCUT2D eigenvalue weighted by atomic mass is 10.0. The maximum atomic E-state index is 13.6. The highest BCUT2D eigenvalue weighted by atomic mass is 79.9. The maximum Gasteiger partial charge on any atom is 0.169 e. The van der Waals surface area contributed by atoms with Crippen molar-refractivity contribution in [3.63, 3.8) is 0 Å². The van der Waals surface area contributed by atoms with Crippen LogP contribution in [0.4, 0.5) is 4.39 Å². The van der Waals surface area contributed by atoms with Gasteiger partial charge in [-0.05, 0) is 40.2 Å². The van der Waals surface area contributed by atoms with Crippen molar-refractivity contribution in [2.24, 2.45) is 5.73 Å². The van der Waals surface area contributed by atoms with Gasteiger partial charge in [0.2, 0.25) is 0 Å². The van der Waals surface area contributed by atoms with Gasteiger partial charge in [-0.25, -0.2) is 4.39 Å². The van der Waals surface area contributed by atoms with Crippen LogP contribution in [0.15, 0.2) is 39.4 Å². The Morgan fingerprint density at radius 2 is 2.06 bits per heavy atom. The molecule has 1 aromatic heterocycles. The maximum absolute atomic E-state index is 13.6. The van der Waals surface area contributed by atoms with E-state index in [1.807, 2.05) is 0 Å². The van der Waals surface area contributed by atoms with Gasteiger partial charge in [0.25, 0.3) is 0 Å². The Labute approximate surface area is 105 Å². The molecule has 16 heavy (non-hydrogen) atoms. The minimum absolute atomic E-state index is 0.242. The van der Waals surface area contributed by atoms with Gasteiger partial charge in [0.05, 0.1) is 6.04 Å². The molecule has 84 valence electrons. The summed E-state index contributed by atoms with van der Waals surface area (Å²) in [7, 11) is 0. The van der Waals surface area contributed by atoms with Crippen LogP contribution >= 0.6 is 27.5 Å². The molecule has 0 aliphatic carbocycles. The third-order valence-electron chi connectivity index (χ3n) is 2.21. The molecule has 0 saturated carbocycles. The summed E-state index contributed by atoms with van der Waals surface area (Å²) < 4.78 is 19.4. The number of halogens is 3. The van der Waals surface area contributed by atoms with Crippen LogP contribution in [0.1, 0.15) is 17.4 Å². The molecule has 0 aliphatic rings. The monoisotopic (exact) mass is 303 g/mol. The van der Waals surface area contributed by atoms with Crippen molar-refractivity contribution >= 4 is 27.5 Å². The molecule has 0 amide bonds. The molecule has 2 rings (SSSR count). The molecule has 0 fully saturated rings. The topological polar surface area (TPSA) is 39.2 Å². The molecule has 0 saturated heterocycles. The van der Waals surface area contributed by atoms with Crippen LogP contribution in [0.5, 0.6) is 0 Å². The van der Waals surface area contributed by atoms with E-state index in [0.29, 0.717) is 15.5 Å². The summed E-state index contributed by atoms with van der Waals surface area (Å²) in [4.78, 5) is 0. The Morgan fingerprint density at radius 3 is 2.62 bits per heavy atom. The fourth-order valence-electron chi connectivity index (χ4n) is 1.45. The summed E-state index contributed by atoms with van der Waals surface area (Å²) in [5.74, 6) is 0.0198. The van der Waals surface area contributed by atoms with Crippen molar-refractivity contribution in [2.45, 2.75) is 6.04 Å². The number of hydrogen-bond donors (Lipinski definition) is 1. The molecule has 1 atom stereocenters. The number of benzene rings is 1. The second-order valence-electron chi connectivity index (χ2n) is 3.25. The molecular formula is C11H8BrClFNO. The molecule has 1 aromatic carbocycles. The Hall–Kier alpha value is -0.840. The molecule has 2 nitrogen and oxygen atoms in total. The highest BCUT2D eigenvalue weighted by molar-refractivity contribution is 9.10. The van der Waals surface area contributed by atoms with E-state index in [1.54, 1.807) is 18.2 Å². The lowest BCUT2D eigenvalue weighted by molar-refractivity contribution is 0.463. The zero-order chi connectivity index (χ0) is 11.7. The van der Waals surface area contributed by atoms with E-state index in [4.69, 9.17) is 21.8 Å². The first-order valence-corrected chi connectivity index (χ1v) is 5.71. The van der Waals surface area contributed by atoms with Crippen molar-refractivity contribution in [1.82, 2.24) is 0 Å². The first-order chi connectivity index (χ1) is 7.59. The first kappa shape index (κ1) is 11.6. The second kappa shape index (κ2) is 4.57. The summed E-state index contributed by atoms with van der Waals surface area (Å²) >= 11 is 9.07. The van der Waals surface area contributed by atoms with E-state index in [0.717, 1.165) is 0 Å². The fraction of sp³-hybridized carbons (Fsp3) is 0.0909. The minimum atomic E-state index is -0.708. The number of nitrogens with two attached hydrogens (primary N) is 1. The van der Waals surface area contributed by atoms with Crippen molar-refractivity contribution < 1.29 is 8.81 Å². The summed E-state index contributed by atoms with van der Waals surface area (Å²) in [6, 6.07) is 7.12. The van der Waals surface area contributed by atoms with E-state index in [9.17, 15) is 4.39 Å². The van der Waals surface area contributed by atoms with E-state index >= 15 is 0 Å². The van der Waals surface area contributed by atoms with Crippen molar-refractivity contribution in [3.05, 3.63) is 57.2 Å². The quantitative estimate of drug-likeness (QED) is 0.914. The third-order valence-corrected chi connectivity index (χ3v) is 2.97. The lowest BCUT2D eigenvalue weighted by Gasteiger charge is -2.11. The number of hydrogen-bond acceptors (Lipinski definition) is 2. The zero-order valence-electron chi connectivity index (χ0n) is 8.08. The molecular weight excluding hydrogens is 296 g/mol. The van der Waals surface area contributed by atoms with Crippen LogP contribution in [0, 0.1) is 5.82 Å². The lowest BCUT2D eigenvalue weighted by Crippen LogP contribution is -2.13. The molecule has 0 spiro atoms. The van der Waals surface area contributed by atoms with Gasteiger partial charge in [0, 0.05) is 10.6 Å². The van der Waals surface area contributed by atoms with Crippen LogP contribution < -0.4 is 5.73 Å². The number of furan rings is 1. The van der Waals surface area contributed by atoms with Gasteiger partial charge >= 0.3 is 0 Å². The van der Waals surface area contributed by atoms with Gasteiger partial charge < -0.3 is 10.2 Å². The SMILES string of the molecule is NC(c1ccc(Br)o1)c1c(F)cccc1Cl. The summed E-state index contributed by atoms with van der Waals surface area (Å²) in [5, 5.41) is 0.292. The smallest absolute Gasteiger partial charge is 0.169 e. The van der Waals surface area contributed by atoms with E-state index in [-0.39, 0.29) is 5.56 Å². The van der Waals surface area contributed by atoms with E-state index in [2.05, 4.69) is 15.9 Å². The molecule has 1 heterocycles. The van der Waals surface area contributed by atoms with Crippen LogP contribution in [0.3, 0.4) is 0 Å². The van der Waals surface area contributed by atoms with Gasteiger partial charge in [0.1, 0.15) is 11.6 Å². The molecule has 0 bridgehead atoms. The normalized spacial score (nSPS) is 12.8. The van der Waals surface area contributed by atoms with Crippen molar-refractivity contribution in [3.8, 4) is 0 Å². The molecule has 2 aromatic rings. The first-order valence-electron chi connectivity index (χ1n) is 4.54. The highest BCUT2D eigenvalue weighted by Gasteiger charge is 2.19. The Morgan fingerprint density at radius 1 is 1.31 bits per heavy atom. The summed E-state index contributed by atoms with van der Waals surface area (Å²) in [5.41, 5.74) is 6.13. The average Bonchev–Trinajstić information content (AvgIpc) is 2.64. The van der Waals surface area contributed by atoms with Gasteiger partial charge in [-0.15, -0.1) is 0 Å². The summed E-state index contributed by atoms with van der Waals surface area (Å²) in [6.45, 7) is 0. The van der Waals surface area contributed by atoms with E-state index in [1.165, 1.54) is 12.1 Å². The third kappa shape index (κ3) is 2.14. The Kier molecular flexibility index (Phi) is 3.33.